The molecule has 7 heteroatoms. The Morgan fingerprint density at radius 2 is 1.81 bits per heavy atom. The molecule has 0 bridgehead atoms. The summed E-state index contributed by atoms with van der Waals surface area (Å²) in [6.45, 7) is 2.17. The molecule has 2 aromatic carbocycles. The minimum absolute atomic E-state index is 0.261. The van der Waals surface area contributed by atoms with E-state index in [2.05, 4.69) is 10.2 Å². The number of nitrogens with zero attached hydrogens (tertiary/aromatic N) is 3. The Balaban J connectivity index is 1.82. The molecule has 0 spiro atoms. The molecule has 0 aliphatic carbocycles. The average molecular weight is 371 g/mol. The van der Waals surface area contributed by atoms with Gasteiger partial charge in [0.15, 0.2) is 0 Å². The predicted molar refractivity (Wildman–Crippen MR) is 95.2 cm³/mol. The van der Waals surface area contributed by atoms with E-state index in [0.717, 1.165) is 17.0 Å². The van der Waals surface area contributed by atoms with Gasteiger partial charge in [0.2, 0.25) is 5.89 Å². The Kier molecular flexibility index (Phi) is 4.22. The van der Waals surface area contributed by atoms with Crippen molar-refractivity contribution in [1.82, 2.24) is 14.8 Å². The predicted octanol–water partition coefficient (Wildman–Crippen LogP) is 5.32. The van der Waals surface area contributed by atoms with Crippen LogP contribution in [0.2, 0.25) is 0 Å². The summed E-state index contributed by atoms with van der Waals surface area (Å²) in [5.74, 6) is 0.871. The number of aromatic nitrogens is 3. The number of hydrogen-bond donors (Lipinski definition) is 0. The van der Waals surface area contributed by atoms with Gasteiger partial charge in [-0.3, -0.25) is 0 Å². The van der Waals surface area contributed by atoms with E-state index in [-0.39, 0.29) is 6.54 Å². The molecule has 0 aliphatic rings. The molecule has 2 aromatic heterocycles. The highest BCUT2D eigenvalue weighted by atomic mass is 19.4. The molecule has 0 atom stereocenters. The van der Waals surface area contributed by atoms with Gasteiger partial charge in [0.1, 0.15) is 5.69 Å². The largest absolute Gasteiger partial charge is 0.419 e. The molecule has 0 saturated carbocycles. The van der Waals surface area contributed by atoms with Crippen LogP contribution in [-0.2, 0) is 19.1 Å². The Labute approximate surface area is 153 Å². The zero-order chi connectivity index (χ0) is 19.0. The number of rotatable bonds is 4. The molecule has 4 rings (SSSR count). The van der Waals surface area contributed by atoms with Crippen LogP contribution in [0.5, 0.6) is 0 Å². The molecule has 0 radical (unpaired) electrons. The summed E-state index contributed by atoms with van der Waals surface area (Å²) in [4.78, 5) is 0. The first-order chi connectivity index (χ1) is 13.0. The monoisotopic (exact) mass is 371 g/mol. The minimum Gasteiger partial charge on any atom is -0.419 e. The first-order valence-electron chi connectivity index (χ1n) is 8.53. The van der Waals surface area contributed by atoms with E-state index in [0.29, 0.717) is 29.5 Å². The van der Waals surface area contributed by atoms with Gasteiger partial charge in [0.25, 0.3) is 5.89 Å². The topological polar surface area (TPSA) is 43.9 Å². The van der Waals surface area contributed by atoms with Crippen LogP contribution in [0.1, 0.15) is 23.9 Å². The molecule has 4 nitrogen and oxygen atoms in total. The van der Waals surface area contributed by atoms with Gasteiger partial charge in [0, 0.05) is 23.9 Å². The van der Waals surface area contributed by atoms with Gasteiger partial charge in [-0.15, -0.1) is 10.2 Å². The lowest BCUT2D eigenvalue weighted by atomic mass is 10.1. The number of alkyl halides is 3. The Bertz CT molecular complexity index is 1100. The van der Waals surface area contributed by atoms with Crippen molar-refractivity contribution in [2.45, 2.75) is 26.1 Å². The van der Waals surface area contributed by atoms with Gasteiger partial charge in [-0.05, 0) is 29.8 Å². The van der Waals surface area contributed by atoms with Gasteiger partial charge in [0.05, 0.1) is 5.56 Å². The molecular weight excluding hydrogens is 355 g/mol. The van der Waals surface area contributed by atoms with Gasteiger partial charge in [-0.25, -0.2) is 0 Å². The number of para-hydroxylation sites is 1. The Hall–Kier alpha value is -3.09. The molecule has 138 valence electrons. The van der Waals surface area contributed by atoms with Crippen LogP contribution in [0.4, 0.5) is 13.2 Å². The quantitative estimate of drug-likeness (QED) is 0.488. The summed E-state index contributed by atoms with van der Waals surface area (Å²) in [5, 5.41) is 9.05. The standard InChI is InChI=1S/C20H16F3N3O/c1-2-18-24-25-19(27-18)17-11-14-7-3-4-9-16(14)26(17)12-13-6-5-8-15(10-13)20(21,22)23/h3-11H,2,12H2,1H3. The third kappa shape index (κ3) is 3.32. The summed E-state index contributed by atoms with van der Waals surface area (Å²) in [6.07, 6.45) is -3.76. The number of benzene rings is 2. The van der Waals surface area contributed by atoms with Crippen LogP contribution in [0, 0.1) is 0 Å². The van der Waals surface area contributed by atoms with Crippen molar-refractivity contribution in [2.24, 2.45) is 0 Å². The maximum absolute atomic E-state index is 13.0. The fourth-order valence-corrected chi connectivity index (χ4v) is 3.09. The molecule has 0 N–H and O–H groups in total. The highest BCUT2D eigenvalue weighted by Crippen LogP contribution is 2.32. The maximum atomic E-state index is 13.0. The van der Waals surface area contributed by atoms with E-state index >= 15 is 0 Å². The number of aryl methyl sites for hydroxylation is 1. The fourth-order valence-electron chi connectivity index (χ4n) is 3.09. The third-order valence-electron chi connectivity index (χ3n) is 4.39. The molecule has 0 amide bonds. The first kappa shape index (κ1) is 17.3. The molecule has 2 heterocycles. The number of hydrogen-bond acceptors (Lipinski definition) is 3. The molecule has 0 aliphatic heterocycles. The zero-order valence-electron chi connectivity index (χ0n) is 14.5. The summed E-state index contributed by atoms with van der Waals surface area (Å²) in [6, 6.07) is 14.9. The van der Waals surface area contributed by atoms with E-state index in [1.807, 2.05) is 41.8 Å². The van der Waals surface area contributed by atoms with Crippen LogP contribution < -0.4 is 0 Å². The summed E-state index contributed by atoms with van der Waals surface area (Å²) in [5.41, 5.74) is 1.45. The minimum atomic E-state index is -4.37. The lowest BCUT2D eigenvalue weighted by molar-refractivity contribution is -0.137. The van der Waals surface area contributed by atoms with Gasteiger partial charge in [-0.1, -0.05) is 37.3 Å². The van der Waals surface area contributed by atoms with E-state index < -0.39 is 11.7 Å². The van der Waals surface area contributed by atoms with Crippen molar-refractivity contribution in [3.63, 3.8) is 0 Å². The molecule has 4 aromatic rings. The number of fused-ring (bicyclic) bond motifs is 1. The Morgan fingerprint density at radius 3 is 2.56 bits per heavy atom. The maximum Gasteiger partial charge on any atom is 0.416 e. The SMILES string of the molecule is CCc1nnc(-c2cc3ccccc3n2Cc2cccc(C(F)(F)F)c2)o1. The average Bonchev–Trinajstić information content (AvgIpc) is 3.26. The normalized spacial score (nSPS) is 12.0. The molecule has 27 heavy (non-hydrogen) atoms. The van der Waals surface area contributed by atoms with Crippen LogP contribution in [0.3, 0.4) is 0 Å². The molecular formula is C20H16F3N3O. The van der Waals surface area contributed by atoms with Crippen molar-refractivity contribution in [3.8, 4) is 11.6 Å². The second-order valence-electron chi connectivity index (χ2n) is 6.23. The second-order valence-corrected chi connectivity index (χ2v) is 6.23. The molecule has 0 saturated heterocycles. The van der Waals surface area contributed by atoms with Gasteiger partial charge in [-0.2, -0.15) is 13.2 Å². The van der Waals surface area contributed by atoms with Crippen LogP contribution >= 0.6 is 0 Å². The summed E-state index contributed by atoms with van der Waals surface area (Å²) < 4.78 is 46.7. The van der Waals surface area contributed by atoms with Crippen molar-refractivity contribution < 1.29 is 17.6 Å². The second kappa shape index (κ2) is 6.57. The van der Waals surface area contributed by atoms with E-state index in [1.54, 1.807) is 6.07 Å². The van der Waals surface area contributed by atoms with Crippen LogP contribution in [0.15, 0.2) is 59.0 Å². The van der Waals surface area contributed by atoms with Crippen LogP contribution in [0.25, 0.3) is 22.5 Å². The van der Waals surface area contributed by atoms with E-state index in [4.69, 9.17) is 4.42 Å². The highest BCUT2D eigenvalue weighted by molar-refractivity contribution is 5.85. The first-order valence-corrected chi connectivity index (χ1v) is 8.53. The van der Waals surface area contributed by atoms with Crippen molar-refractivity contribution in [1.29, 1.82) is 0 Å². The lowest BCUT2D eigenvalue weighted by Gasteiger charge is -2.12. The van der Waals surface area contributed by atoms with Crippen molar-refractivity contribution >= 4 is 10.9 Å². The van der Waals surface area contributed by atoms with E-state index in [9.17, 15) is 13.2 Å². The van der Waals surface area contributed by atoms with Crippen molar-refractivity contribution in [2.75, 3.05) is 0 Å². The lowest BCUT2D eigenvalue weighted by Crippen LogP contribution is -2.07. The summed E-state index contributed by atoms with van der Waals surface area (Å²) >= 11 is 0. The van der Waals surface area contributed by atoms with Crippen LogP contribution in [-0.4, -0.2) is 14.8 Å². The molecule has 0 unspecified atom stereocenters. The zero-order valence-corrected chi connectivity index (χ0v) is 14.5. The number of halogens is 3. The van der Waals surface area contributed by atoms with E-state index in [1.165, 1.54) is 12.1 Å². The highest BCUT2D eigenvalue weighted by Gasteiger charge is 2.30. The Morgan fingerprint density at radius 1 is 1.00 bits per heavy atom. The fraction of sp³-hybridized carbons (Fsp3) is 0.200. The third-order valence-corrected chi connectivity index (χ3v) is 4.39. The van der Waals surface area contributed by atoms with Crippen molar-refractivity contribution in [3.05, 3.63) is 71.6 Å². The summed E-state index contributed by atoms with van der Waals surface area (Å²) in [7, 11) is 0. The van der Waals surface area contributed by atoms with Gasteiger partial charge >= 0.3 is 6.18 Å². The smallest absolute Gasteiger partial charge is 0.416 e. The molecule has 0 fully saturated rings. The van der Waals surface area contributed by atoms with Gasteiger partial charge < -0.3 is 8.98 Å².